The first-order valence-corrected chi connectivity index (χ1v) is 7.12. The van der Waals surface area contributed by atoms with Crippen molar-refractivity contribution in [2.24, 2.45) is 0 Å². The normalized spacial score (nSPS) is 10.6. The molecule has 0 saturated heterocycles. The monoisotopic (exact) mass is 225 g/mol. The molecule has 0 aliphatic heterocycles. The van der Waals surface area contributed by atoms with E-state index in [1.54, 1.807) is 0 Å². The fraction of sp³-hybridized carbons (Fsp3) is 0.867. The summed E-state index contributed by atoms with van der Waals surface area (Å²) in [6.45, 7) is 5.64. The molecule has 0 rings (SSSR count). The molecule has 0 heterocycles. The van der Waals surface area contributed by atoms with Crippen molar-refractivity contribution in [2.75, 3.05) is 0 Å². The van der Waals surface area contributed by atoms with E-state index in [0.29, 0.717) is 6.42 Å². The number of Topliss-reactive ketones (excluding diaryl/α,β-unsaturated/α-hetero) is 1. The zero-order valence-corrected chi connectivity index (χ0v) is 11.1. The number of hydrogen-bond acceptors (Lipinski definition) is 1. The average molecular weight is 225 g/mol. The number of unbranched alkanes of at least 4 members (excludes halogenated alkanes) is 10. The van der Waals surface area contributed by atoms with E-state index in [1.165, 1.54) is 64.2 Å². The van der Waals surface area contributed by atoms with Crippen LogP contribution >= 0.6 is 0 Å². The number of rotatable bonds is 12. The van der Waals surface area contributed by atoms with E-state index in [4.69, 9.17) is 0 Å². The Morgan fingerprint density at radius 1 is 0.750 bits per heavy atom. The van der Waals surface area contributed by atoms with E-state index in [9.17, 15) is 4.79 Å². The third kappa shape index (κ3) is 13.7. The third-order valence-corrected chi connectivity index (χ3v) is 3.06. The van der Waals surface area contributed by atoms with Gasteiger partial charge in [-0.15, -0.1) is 0 Å². The quantitative estimate of drug-likeness (QED) is 0.423. The van der Waals surface area contributed by atoms with Crippen molar-refractivity contribution in [2.45, 2.75) is 84.0 Å². The fourth-order valence-electron chi connectivity index (χ4n) is 1.99. The molecular formula is C15H29O. The second-order valence-corrected chi connectivity index (χ2v) is 4.82. The molecule has 0 saturated carbocycles. The first kappa shape index (κ1) is 15.7. The van der Waals surface area contributed by atoms with E-state index in [2.05, 4.69) is 13.8 Å². The summed E-state index contributed by atoms with van der Waals surface area (Å²) in [6, 6.07) is 0. The molecule has 95 valence electrons. The molecule has 0 bridgehead atoms. The number of ketones is 1. The SMILES string of the molecule is [CH2]C(=O)CCCCCCCCCCCCC. The van der Waals surface area contributed by atoms with E-state index in [1.807, 2.05) is 0 Å². The lowest BCUT2D eigenvalue weighted by Gasteiger charge is -2.01. The lowest BCUT2D eigenvalue weighted by molar-refractivity contribution is -0.114. The Hall–Kier alpha value is -0.330. The van der Waals surface area contributed by atoms with Crippen LogP contribution in [0.15, 0.2) is 0 Å². The van der Waals surface area contributed by atoms with Gasteiger partial charge in [-0.05, 0) is 6.42 Å². The summed E-state index contributed by atoms with van der Waals surface area (Å²) in [4.78, 5) is 10.6. The van der Waals surface area contributed by atoms with Crippen molar-refractivity contribution < 1.29 is 4.79 Å². The lowest BCUT2D eigenvalue weighted by atomic mass is 10.0. The summed E-state index contributed by atoms with van der Waals surface area (Å²) in [6.07, 6.45) is 15.3. The molecule has 0 amide bonds. The molecule has 0 aliphatic rings. The Morgan fingerprint density at radius 2 is 1.12 bits per heavy atom. The second kappa shape index (κ2) is 12.7. The summed E-state index contributed by atoms with van der Waals surface area (Å²) >= 11 is 0. The van der Waals surface area contributed by atoms with Crippen LogP contribution in [0.4, 0.5) is 0 Å². The van der Waals surface area contributed by atoms with Gasteiger partial charge in [-0.2, -0.15) is 0 Å². The summed E-state index contributed by atoms with van der Waals surface area (Å²) in [7, 11) is 0. The second-order valence-electron chi connectivity index (χ2n) is 4.82. The Kier molecular flexibility index (Phi) is 12.5. The minimum atomic E-state index is 0.0934. The molecule has 1 nitrogen and oxygen atoms in total. The number of carbonyl (C=O) groups is 1. The van der Waals surface area contributed by atoms with Gasteiger partial charge in [-0.1, -0.05) is 71.1 Å². The van der Waals surface area contributed by atoms with Gasteiger partial charge in [0.2, 0.25) is 0 Å². The minimum Gasteiger partial charge on any atom is -0.300 e. The predicted molar refractivity (Wildman–Crippen MR) is 71.4 cm³/mol. The van der Waals surface area contributed by atoms with Crippen molar-refractivity contribution in [1.82, 2.24) is 0 Å². The summed E-state index contributed by atoms with van der Waals surface area (Å²) in [5.41, 5.74) is 0. The van der Waals surface area contributed by atoms with Crippen LogP contribution in [0.25, 0.3) is 0 Å². The van der Waals surface area contributed by atoms with E-state index >= 15 is 0 Å². The van der Waals surface area contributed by atoms with Crippen LogP contribution in [-0.4, -0.2) is 5.78 Å². The van der Waals surface area contributed by atoms with Crippen LogP contribution in [0.5, 0.6) is 0 Å². The maximum atomic E-state index is 10.6. The number of hydrogen-bond donors (Lipinski definition) is 0. The molecule has 0 atom stereocenters. The van der Waals surface area contributed by atoms with Crippen molar-refractivity contribution in [3.63, 3.8) is 0 Å². The standard InChI is InChI=1S/C15H29O/c1-3-4-5-6-7-8-9-10-11-12-13-14-15(2)16/h2-14H2,1H3. The van der Waals surface area contributed by atoms with Crippen molar-refractivity contribution >= 4 is 5.78 Å². The van der Waals surface area contributed by atoms with Gasteiger partial charge in [-0.25, -0.2) is 0 Å². The van der Waals surface area contributed by atoms with Gasteiger partial charge < -0.3 is 0 Å². The summed E-state index contributed by atoms with van der Waals surface area (Å²) in [5.74, 6) is 0.0934. The van der Waals surface area contributed by atoms with Gasteiger partial charge in [-0.3, -0.25) is 4.79 Å². The van der Waals surface area contributed by atoms with Gasteiger partial charge in [0.15, 0.2) is 0 Å². The molecule has 0 aromatic carbocycles. The first-order chi connectivity index (χ1) is 7.77. The minimum absolute atomic E-state index is 0.0934. The van der Waals surface area contributed by atoms with E-state index in [0.717, 1.165) is 6.42 Å². The molecule has 0 aliphatic carbocycles. The Balaban J connectivity index is 2.90. The third-order valence-electron chi connectivity index (χ3n) is 3.06. The van der Waals surface area contributed by atoms with E-state index in [-0.39, 0.29) is 5.78 Å². The highest BCUT2D eigenvalue weighted by atomic mass is 16.1. The maximum Gasteiger partial charge on any atom is 0.133 e. The van der Waals surface area contributed by atoms with Crippen LogP contribution in [0, 0.1) is 6.92 Å². The largest absolute Gasteiger partial charge is 0.300 e. The molecule has 1 heteroatoms. The van der Waals surface area contributed by atoms with Crippen LogP contribution in [0.1, 0.15) is 84.0 Å². The van der Waals surface area contributed by atoms with Gasteiger partial charge in [0.25, 0.3) is 0 Å². The molecule has 1 radical (unpaired) electrons. The van der Waals surface area contributed by atoms with Gasteiger partial charge in [0.05, 0.1) is 0 Å². The van der Waals surface area contributed by atoms with Gasteiger partial charge >= 0.3 is 0 Å². The lowest BCUT2D eigenvalue weighted by Crippen LogP contribution is -1.89. The smallest absolute Gasteiger partial charge is 0.133 e. The van der Waals surface area contributed by atoms with Crippen LogP contribution < -0.4 is 0 Å². The molecule has 16 heavy (non-hydrogen) atoms. The highest BCUT2D eigenvalue weighted by Crippen LogP contribution is 2.11. The fourth-order valence-corrected chi connectivity index (χ4v) is 1.99. The molecular weight excluding hydrogens is 196 g/mol. The molecule has 0 spiro atoms. The van der Waals surface area contributed by atoms with Gasteiger partial charge in [0, 0.05) is 13.3 Å². The molecule has 0 unspecified atom stereocenters. The topological polar surface area (TPSA) is 17.1 Å². The zero-order valence-electron chi connectivity index (χ0n) is 11.1. The molecule has 0 aromatic rings. The Labute approximate surface area is 102 Å². The highest BCUT2D eigenvalue weighted by Gasteiger charge is 1.95. The Bertz CT molecular complexity index is 152. The summed E-state index contributed by atoms with van der Waals surface area (Å²) in [5, 5.41) is 0. The average Bonchev–Trinajstić information content (AvgIpc) is 2.25. The first-order valence-electron chi connectivity index (χ1n) is 7.12. The molecule has 0 aromatic heterocycles. The number of carbonyl (C=O) groups excluding carboxylic acids is 1. The van der Waals surface area contributed by atoms with Crippen LogP contribution in [-0.2, 0) is 4.79 Å². The van der Waals surface area contributed by atoms with Crippen LogP contribution in [0.2, 0.25) is 0 Å². The summed E-state index contributed by atoms with van der Waals surface area (Å²) < 4.78 is 0. The van der Waals surface area contributed by atoms with E-state index < -0.39 is 0 Å². The zero-order chi connectivity index (χ0) is 12.1. The van der Waals surface area contributed by atoms with Crippen molar-refractivity contribution in [3.8, 4) is 0 Å². The van der Waals surface area contributed by atoms with Gasteiger partial charge in [0.1, 0.15) is 5.78 Å². The molecule has 0 fully saturated rings. The Morgan fingerprint density at radius 3 is 1.50 bits per heavy atom. The predicted octanol–water partition coefficient (Wildman–Crippen LogP) is 5.09. The van der Waals surface area contributed by atoms with Crippen molar-refractivity contribution in [1.29, 1.82) is 0 Å². The highest BCUT2D eigenvalue weighted by molar-refractivity contribution is 5.82. The maximum absolute atomic E-state index is 10.6. The van der Waals surface area contributed by atoms with Crippen molar-refractivity contribution in [3.05, 3.63) is 6.92 Å². The van der Waals surface area contributed by atoms with Crippen LogP contribution in [0.3, 0.4) is 0 Å². The molecule has 0 N–H and O–H groups in total.